The number of hydrogen-bond donors (Lipinski definition) is 0. The summed E-state index contributed by atoms with van der Waals surface area (Å²) in [7, 11) is 0. The van der Waals surface area contributed by atoms with Crippen molar-refractivity contribution >= 4 is 11.9 Å². The van der Waals surface area contributed by atoms with Crippen molar-refractivity contribution in [1.29, 1.82) is 0 Å². The lowest BCUT2D eigenvalue weighted by Crippen LogP contribution is -2.65. The Bertz CT molecular complexity index is 795. The van der Waals surface area contributed by atoms with Gasteiger partial charge in [0, 0.05) is 11.1 Å². The molecule has 0 aromatic heterocycles. The lowest BCUT2D eigenvalue weighted by molar-refractivity contribution is -0.176. The molecule has 0 amide bonds. The van der Waals surface area contributed by atoms with Gasteiger partial charge in [-0.1, -0.05) is 78.1 Å². The average molecular weight is 621 g/mol. The quantitative estimate of drug-likeness (QED) is 0.106. The van der Waals surface area contributed by atoms with Gasteiger partial charge in [0.2, 0.25) is 0 Å². The summed E-state index contributed by atoms with van der Waals surface area (Å²) in [5.74, 6) is -0.569. The lowest BCUT2D eigenvalue weighted by Gasteiger charge is -2.56. The molecule has 6 nitrogen and oxygen atoms in total. The molecular formula is C38H72N2O4. The predicted octanol–water partition coefficient (Wildman–Crippen LogP) is 9.62. The van der Waals surface area contributed by atoms with Crippen molar-refractivity contribution in [2.24, 2.45) is 0 Å². The number of unbranched alkanes of at least 4 members (excludes halogenated alkanes) is 10. The van der Waals surface area contributed by atoms with E-state index in [2.05, 4.69) is 79.0 Å². The van der Waals surface area contributed by atoms with E-state index < -0.39 is 0 Å². The van der Waals surface area contributed by atoms with E-state index in [0.29, 0.717) is 0 Å². The molecule has 0 saturated carbocycles. The van der Waals surface area contributed by atoms with Gasteiger partial charge in [0.05, 0.1) is 23.9 Å². The Morgan fingerprint density at radius 1 is 0.545 bits per heavy atom. The fourth-order valence-electron chi connectivity index (χ4n) is 8.18. The van der Waals surface area contributed by atoms with E-state index in [0.717, 1.165) is 38.8 Å². The van der Waals surface area contributed by atoms with Gasteiger partial charge in [0.25, 0.3) is 0 Å². The van der Waals surface area contributed by atoms with E-state index in [9.17, 15) is 9.59 Å². The maximum Gasteiger partial charge on any atom is 0.306 e. The zero-order valence-corrected chi connectivity index (χ0v) is 30.8. The van der Waals surface area contributed by atoms with Crippen LogP contribution in [0.3, 0.4) is 0 Å². The topological polar surface area (TPSA) is 59.1 Å². The third-order valence-corrected chi connectivity index (χ3v) is 11.0. The zero-order valence-electron chi connectivity index (χ0n) is 30.8. The SMILES string of the molecule is CCCCCCCCN1C(C)(C)CCC(OC(=O)CCC(=O)OC2CCC(C)(C)N(CCCCCCCC)C2(C)C)C1(C)C. The molecule has 0 aromatic carbocycles. The van der Waals surface area contributed by atoms with Crippen molar-refractivity contribution in [3.63, 3.8) is 0 Å². The number of nitrogens with zero attached hydrogens (tertiary/aromatic N) is 2. The van der Waals surface area contributed by atoms with E-state index in [1.807, 2.05) is 0 Å². The normalized spacial score (nSPS) is 24.6. The van der Waals surface area contributed by atoms with E-state index in [1.165, 1.54) is 77.0 Å². The molecule has 258 valence electrons. The van der Waals surface area contributed by atoms with Gasteiger partial charge in [-0.05, 0) is 107 Å². The van der Waals surface area contributed by atoms with E-state index >= 15 is 0 Å². The molecule has 0 aliphatic carbocycles. The fourth-order valence-corrected chi connectivity index (χ4v) is 8.18. The van der Waals surface area contributed by atoms with Crippen molar-refractivity contribution in [3.8, 4) is 0 Å². The molecule has 2 aliphatic rings. The van der Waals surface area contributed by atoms with Crippen LogP contribution in [-0.2, 0) is 19.1 Å². The Labute approximate surface area is 272 Å². The molecule has 44 heavy (non-hydrogen) atoms. The standard InChI is InChI=1S/C38H72N2O4/c1-11-13-15-17-19-21-29-39-35(3,4)27-25-31(37(39,7)8)43-33(41)23-24-34(42)44-32-26-28-36(5,6)40(38(32,9)10)30-22-20-18-16-14-12-2/h31-32H,11-30H2,1-10H3. The van der Waals surface area contributed by atoms with Crippen molar-refractivity contribution in [3.05, 3.63) is 0 Å². The van der Waals surface area contributed by atoms with Crippen LogP contribution in [0.15, 0.2) is 0 Å². The Balaban J connectivity index is 1.87. The Morgan fingerprint density at radius 3 is 1.20 bits per heavy atom. The number of esters is 2. The van der Waals surface area contributed by atoms with Gasteiger partial charge in [-0.3, -0.25) is 19.4 Å². The second-order valence-corrected chi connectivity index (χ2v) is 16.3. The van der Waals surface area contributed by atoms with Gasteiger partial charge < -0.3 is 9.47 Å². The largest absolute Gasteiger partial charge is 0.460 e. The summed E-state index contributed by atoms with van der Waals surface area (Å²) in [6, 6.07) is 0. The van der Waals surface area contributed by atoms with Crippen molar-refractivity contribution in [2.45, 2.75) is 219 Å². The number of carbonyl (C=O) groups is 2. The maximum atomic E-state index is 13.0. The minimum absolute atomic E-state index is 0.0733. The second-order valence-electron chi connectivity index (χ2n) is 16.3. The summed E-state index contributed by atoms with van der Waals surface area (Å²) < 4.78 is 12.2. The van der Waals surface area contributed by atoms with Gasteiger partial charge in [-0.2, -0.15) is 0 Å². The van der Waals surface area contributed by atoms with E-state index in [1.54, 1.807) is 0 Å². The maximum absolute atomic E-state index is 13.0. The first-order valence-electron chi connectivity index (χ1n) is 18.5. The number of likely N-dealkylation sites (tertiary alicyclic amines) is 2. The van der Waals surface area contributed by atoms with Crippen LogP contribution >= 0.6 is 0 Å². The minimum Gasteiger partial charge on any atom is -0.460 e. The highest BCUT2D eigenvalue weighted by Crippen LogP contribution is 2.41. The first kappa shape index (κ1) is 39.0. The third kappa shape index (κ3) is 11.3. The number of hydrogen-bond acceptors (Lipinski definition) is 6. The monoisotopic (exact) mass is 621 g/mol. The van der Waals surface area contributed by atoms with Crippen LogP contribution in [0.2, 0.25) is 0 Å². The molecule has 2 atom stereocenters. The molecule has 2 rings (SSSR count). The summed E-state index contributed by atoms with van der Waals surface area (Å²) in [6.07, 6.45) is 18.8. The van der Waals surface area contributed by atoms with Crippen LogP contribution in [-0.4, -0.2) is 69.2 Å². The van der Waals surface area contributed by atoms with Gasteiger partial charge in [0.15, 0.2) is 0 Å². The molecule has 0 bridgehead atoms. The number of ether oxygens (including phenoxy) is 2. The Kier molecular flexibility index (Phi) is 15.7. The summed E-state index contributed by atoms with van der Waals surface area (Å²) in [4.78, 5) is 31.2. The van der Waals surface area contributed by atoms with E-state index in [4.69, 9.17) is 9.47 Å². The van der Waals surface area contributed by atoms with Crippen LogP contribution < -0.4 is 0 Å². The third-order valence-electron chi connectivity index (χ3n) is 11.0. The highest BCUT2D eigenvalue weighted by Gasteiger charge is 2.49. The summed E-state index contributed by atoms with van der Waals surface area (Å²) in [5, 5.41) is 0. The number of rotatable bonds is 19. The van der Waals surface area contributed by atoms with Crippen molar-refractivity contribution in [2.75, 3.05) is 13.1 Å². The molecule has 6 heteroatoms. The first-order chi connectivity index (χ1) is 20.6. The molecule has 2 unspecified atom stereocenters. The zero-order chi connectivity index (χ0) is 33.0. The van der Waals surface area contributed by atoms with Gasteiger partial charge in [-0.15, -0.1) is 0 Å². The number of carbonyl (C=O) groups excluding carboxylic acids is 2. The highest BCUT2D eigenvalue weighted by molar-refractivity contribution is 5.78. The molecule has 0 aromatic rings. The number of piperidine rings is 2. The van der Waals surface area contributed by atoms with Crippen molar-refractivity contribution < 1.29 is 19.1 Å². The van der Waals surface area contributed by atoms with Crippen molar-refractivity contribution in [1.82, 2.24) is 9.80 Å². The molecule has 2 saturated heterocycles. The summed E-state index contributed by atoms with van der Waals surface area (Å²) >= 11 is 0. The first-order valence-corrected chi connectivity index (χ1v) is 18.5. The molecule has 0 spiro atoms. The molecular weight excluding hydrogens is 548 g/mol. The lowest BCUT2D eigenvalue weighted by atomic mass is 9.77. The molecule has 2 fully saturated rings. The summed E-state index contributed by atoms with van der Waals surface area (Å²) in [5.41, 5.74) is -0.354. The average Bonchev–Trinajstić information content (AvgIpc) is 2.93. The Hall–Kier alpha value is -1.14. The van der Waals surface area contributed by atoms with Gasteiger partial charge >= 0.3 is 11.9 Å². The highest BCUT2D eigenvalue weighted by atomic mass is 16.6. The van der Waals surface area contributed by atoms with Gasteiger partial charge in [-0.25, -0.2) is 0 Å². The van der Waals surface area contributed by atoms with E-state index in [-0.39, 0.29) is 59.1 Å². The summed E-state index contributed by atoms with van der Waals surface area (Å²) in [6.45, 7) is 24.7. The molecule has 0 radical (unpaired) electrons. The predicted molar refractivity (Wildman–Crippen MR) is 184 cm³/mol. The smallest absolute Gasteiger partial charge is 0.306 e. The second kappa shape index (κ2) is 17.7. The van der Waals surface area contributed by atoms with Crippen LogP contribution in [0.25, 0.3) is 0 Å². The fraction of sp³-hybridized carbons (Fsp3) is 0.947. The molecule has 0 N–H and O–H groups in total. The minimum atomic E-state index is -0.284. The van der Waals surface area contributed by atoms with Crippen LogP contribution in [0.4, 0.5) is 0 Å². The molecule has 2 heterocycles. The van der Waals surface area contributed by atoms with Gasteiger partial charge in [0.1, 0.15) is 12.2 Å². The van der Waals surface area contributed by atoms with Crippen LogP contribution in [0.5, 0.6) is 0 Å². The molecule has 2 aliphatic heterocycles. The van der Waals surface area contributed by atoms with Crippen LogP contribution in [0, 0.1) is 0 Å². The Morgan fingerprint density at radius 2 is 0.864 bits per heavy atom. The van der Waals surface area contributed by atoms with Crippen LogP contribution in [0.1, 0.15) is 185 Å².